The van der Waals surface area contributed by atoms with Crippen LogP contribution in [0.25, 0.3) is 0 Å². The third kappa shape index (κ3) is 5.86. The zero-order valence-corrected chi connectivity index (χ0v) is 16.7. The molecule has 0 fully saturated rings. The first-order valence-electron chi connectivity index (χ1n) is 8.91. The number of aromatic nitrogens is 4. The molecule has 2 heterocycles. The van der Waals surface area contributed by atoms with Crippen LogP contribution in [0.2, 0.25) is 5.02 Å². The van der Waals surface area contributed by atoms with Crippen molar-refractivity contribution in [3.8, 4) is 0 Å². The molecule has 0 radical (unpaired) electrons. The van der Waals surface area contributed by atoms with Crippen molar-refractivity contribution in [2.24, 2.45) is 0 Å². The Morgan fingerprint density at radius 2 is 2.10 bits per heavy atom. The molecule has 2 aromatic heterocycles. The predicted octanol–water partition coefficient (Wildman–Crippen LogP) is 3.13. The highest BCUT2D eigenvalue weighted by Crippen LogP contribution is 2.26. The Morgan fingerprint density at radius 3 is 2.79 bits per heavy atom. The summed E-state index contributed by atoms with van der Waals surface area (Å²) < 4.78 is 15.1. The van der Waals surface area contributed by atoms with Gasteiger partial charge in [-0.25, -0.2) is 9.37 Å². The number of halogens is 2. The molecule has 0 spiro atoms. The van der Waals surface area contributed by atoms with Gasteiger partial charge in [0.05, 0.1) is 42.9 Å². The number of aliphatic hydroxyl groups is 2. The fourth-order valence-corrected chi connectivity index (χ4v) is 2.84. The minimum absolute atomic E-state index is 0.253. The maximum Gasteiger partial charge on any atom is 0.229 e. The highest BCUT2D eigenvalue weighted by molar-refractivity contribution is 6.32. The topological polar surface area (TPSA) is 108 Å². The number of benzene rings is 1. The molecular weight excluding hydrogens is 399 g/mol. The van der Waals surface area contributed by atoms with Gasteiger partial charge in [0.15, 0.2) is 5.82 Å². The quantitative estimate of drug-likeness (QED) is 0.443. The lowest BCUT2D eigenvalue weighted by atomic mass is 10.1. The summed E-state index contributed by atoms with van der Waals surface area (Å²) in [7, 11) is 0. The van der Waals surface area contributed by atoms with Crippen molar-refractivity contribution < 1.29 is 14.6 Å². The van der Waals surface area contributed by atoms with Crippen LogP contribution in [0.1, 0.15) is 25.5 Å². The number of aliphatic hydroxyl groups excluding tert-OH is 1. The summed E-state index contributed by atoms with van der Waals surface area (Å²) in [6.07, 6.45) is 4.72. The first-order valence-corrected chi connectivity index (χ1v) is 9.28. The van der Waals surface area contributed by atoms with Crippen molar-refractivity contribution in [1.82, 2.24) is 19.7 Å². The first kappa shape index (κ1) is 21.0. The van der Waals surface area contributed by atoms with Gasteiger partial charge in [-0.2, -0.15) is 10.1 Å². The summed E-state index contributed by atoms with van der Waals surface area (Å²) in [5.41, 5.74) is 0.295. The summed E-state index contributed by atoms with van der Waals surface area (Å²) in [5.74, 6) is 0.147. The van der Waals surface area contributed by atoms with E-state index >= 15 is 0 Å². The Balaban J connectivity index is 1.76. The minimum Gasteiger partial charge on any atom is -0.394 e. The molecule has 1 atom stereocenters. The van der Waals surface area contributed by atoms with E-state index in [-0.39, 0.29) is 23.4 Å². The smallest absolute Gasteiger partial charge is 0.229 e. The number of anilines is 3. The highest BCUT2D eigenvalue weighted by atomic mass is 35.5. The lowest BCUT2D eigenvalue weighted by Gasteiger charge is -2.18. The van der Waals surface area contributed by atoms with E-state index in [4.69, 9.17) is 11.6 Å². The van der Waals surface area contributed by atoms with Crippen molar-refractivity contribution in [3.63, 3.8) is 0 Å². The summed E-state index contributed by atoms with van der Waals surface area (Å²) in [4.78, 5) is 8.47. The van der Waals surface area contributed by atoms with E-state index in [1.807, 2.05) is 0 Å². The van der Waals surface area contributed by atoms with Crippen LogP contribution in [0.4, 0.5) is 21.8 Å². The van der Waals surface area contributed by atoms with Crippen LogP contribution in [0.5, 0.6) is 0 Å². The predicted molar refractivity (Wildman–Crippen MR) is 109 cm³/mol. The zero-order chi connectivity index (χ0) is 21.0. The standard InChI is InChI=1S/C19H22ClFN6O2/c1-19(2,29)11-27-9-14(7-23-27)24-18-22-8-15(20)17(26-18)25-16(10-28)12-4-3-5-13(21)6-12/h3-9,16,28-29H,10-11H2,1-2H3,(H2,22,24,25,26). The maximum atomic E-state index is 13.5. The molecule has 154 valence electrons. The van der Waals surface area contributed by atoms with Gasteiger partial charge >= 0.3 is 0 Å². The van der Waals surface area contributed by atoms with E-state index in [0.717, 1.165) is 0 Å². The molecule has 1 unspecified atom stereocenters. The van der Waals surface area contributed by atoms with Crippen molar-refractivity contribution in [3.05, 3.63) is 59.3 Å². The molecular formula is C19H22ClFN6O2. The molecule has 0 saturated heterocycles. The second kappa shape index (κ2) is 8.73. The molecule has 10 heteroatoms. The Bertz CT molecular complexity index is 975. The third-order valence-electron chi connectivity index (χ3n) is 3.93. The Hall–Kier alpha value is -2.75. The molecule has 3 aromatic rings. The lowest BCUT2D eigenvalue weighted by Crippen LogP contribution is -2.26. The number of hydrogen-bond donors (Lipinski definition) is 4. The molecule has 29 heavy (non-hydrogen) atoms. The molecule has 4 N–H and O–H groups in total. The molecule has 0 aliphatic carbocycles. The number of hydrogen-bond acceptors (Lipinski definition) is 7. The Morgan fingerprint density at radius 1 is 1.31 bits per heavy atom. The molecule has 0 saturated carbocycles. The van der Waals surface area contributed by atoms with Gasteiger partial charge in [0.2, 0.25) is 5.95 Å². The van der Waals surface area contributed by atoms with E-state index in [2.05, 4.69) is 25.7 Å². The molecule has 0 amide bonds. The van der Waals surface area contributed by atoms with Crippen molar-refractivity contribution >= 4 is 29.1 Å². The van der Waals surface area contributed by atoms with E-state index in [1.165, 1.54) is 18.3 Å². The molecule has 0 aliphatic heterocycles. The number of rotatable bonds is 8. The fourth-order valence-electron chi connectivity index (χ4n) is 2.69. The first-order chi connectivity index (χ1) is 13.7. The molecule has 3 rings (SSSR count). The monoisotopic (exact) mass is 420 g/mol. The van der Waals surface area contributed by atoms with Gasteiger partial charge in [0, 0.05) is 6.20 Å². The Kier molecular flexibility index (Phi) is 6.31. The van der Waals surface area contributed by atoms with E-state index < -0.39 is 17.5 Å². The second-order valence-electron chi connectivity index (χ2n) is 7.19. The maximum absolute atomic E-state index is 13.5. The number of nitrogens with one attached hydrogen (secondary N) is 2. The molecule has 0 bridgehead atoms. The summed E-state index contributed by atoms with van der Waals surface area (Å²) in [6, 6.07) is 5.33. The van der Waals surface area contributed by atoms with E-state index in [9.17, 15) is 14.6 Å². The van der Waals surface area contributed by atoms with Crippen LogP contribution in [0, 0.1) is 5.82 Å². The fraction of sp³-hybridized carbons (Fsp3) is 0.316. The zero-order valence-electron chi connectivity index (χ0n) is 16.0. The summed E-state index contributed by atoms with van der Waals surface area (Å²) >= 11 is 6.18. The van der Waals surface area contributed by atoms with Crippen LogP contribution in [-0.2, 0) is 6.54 Å². The Labute approximate surface area is 172 Å². The largest absolute Gasteiger partial charge is 0.394 e. The van der Waals surface area contributed by atoms with Gasteiger partial charge in [-0.15, -0.1) is 0 Å². The van der Waals surface area contributed by atoms with Crippen LogP contribution in [0.3, 0.4) is 0 Å². The van der Waals surface area contributed by atoms with Crippen LogP contribution in [-0.4, -0.2) is 42.2 Å². The molecule has 0 aliphatic rings. The third-order valence-corrected chi connectivity index (χ3v) is 4.20. The highest BCUT2D eigenvalue weighted by Gasteiger charge is 2.16. The summed E-state index contributed by atoms with van der Waals surface area (Å²) in [6.45, 7) is 3.43. The summed E-state index contributed by atoms with van der Waals surface area (Å²) in [5, 5.41) is 30.0. The van der Waals surface area contributed by atoms with E-state index in [1.54, 1.807) is 43.1 Å². The van der Waals surface area contributed by atoms with Crippen LogP contribution >= 0.6 is 11.6 Å². The van der Waals surface area contributed by atoms with Gasteiger partial charge in [-0.1, -0.05) is 23.7 Å². The van der Waals surface area contributed by atoms with E-state index in [0.29, 0.717) is 17.8 Å². The van der Waals surface area contributed by atoms with Crippen LogP contribution < -0.4 is 10.6 Å². The SMILES string of the molecule is CC(C)(O)Cn1cc(Nc2ncc(Cl)c(NC(CO)c3cccc(F)c3)n2)cn1. The van der Waals surface area contributed by atoms with Crippen molar-refractivity contribution in [1.29, 1.82) is 0 Å². The van der Waals surface area contributed by atoms with Crippen molar-refractivity contribution in [2.45, 2.75) is 32.0 Å². The number of nitrogens with zero attached hydrogens (tertiary/aromatic N) is 4. The van der Waals surface area contributed by atoms with Gasteiger partial charge < -0.3 is 20.8 Å². The minimum atomic E-state index is -0.895. The van der Waals surface area contributed by atoms with Gasteiger partial charge in [-0.05, 0) is 31.5 Å². The molecule has 8 nitrogen and oxygen atoms in total. The van der Waals surface area contributed by atoms with Crippen molar-refractivity contribution in [2.75, 3.05) is 17.2 Å². The second-order valence-corrected chi connectivity index (χ2v) is 7.60. The average Bonchev–Trinajstić information content (AvgIpc) is 3.07. The van der Waals surface area contributed by atoms with Gasteiger partial charge in [0.25, 0.3) is 0 Å². The molecule has 1 aromatic carbocycles. The lowest BCUT2D eigenvalue weighted by molar-refractivity contribution is 0.0578. The van der Waals surface area contributed by atoms with Gasteiger partial charge in [0.1, 0.15) is 10.8 Å². The average molecular weight is 421 g/mol. The van der Waals surface area contributed by atoms with Crippen LogP contribution in [0.15, 0.2) is 42.9 Å². The normalized spacial score (nSPS) is 12.6. The van der Waals surface area contributed by atoms with Gasteiger partial charge in [-0.3, -0.25) is 4.68 Å².